The smallest absolute Gasteiger partial charge is 0.319 e. The number of nitrogens with one attached hydrogen (secondary N) is 3. The fraction of sp³-hybridized carbons (Fsp3) is 0.450. The molecule has 1 aromatic carbocycles. The van der Waals surface area contributed by atoms with Crippen LogP contribution in [-0.2, 0) is 4.74 Å². The standard InChI is InChI=1S/C20H28N6O5/c1-28-15-10-14(11-16(29-2)19(15)30-3)25-20(27)22-5-4-21-17-12-18(24-13-23-17)26-6-8-31-9-7-26/h10-13H,4-9H2,1-3H3,(H,21,23,24)(H2,22,25,27). The summed E-state index contributed by atoms with van der Waals surface area (Å²) in [4.78, 5) is 22.9. The van der Waals surface area contributed by atoms with Crippen LogP contribution in [-0.4, -0.2) is 76.7 Å². The van der Waals surface area contributed by atoms with Crippen molar-refractivity contribution in [1.82, 2.24) is 15.3 Å². The van der Waals surface area contributed by atoms with Crippen molar-refractivity contribution in [3.05, 3.63) is 24.5 Å². The molecule has 0 saturated carbocycles. The molecule has 2 aromatic rings. The van der Waals surface area contributed by atoms with Gasteiger partial charge < -0.3 is 39.8 Å². The molecule has 0 radical (unpaired) electrons. The van der Waals surface area contributed by atoms with Crippen molar-refractivity contribution in [2.45, 2.75) is 0 Å². The Kier molecular flexibility index (Phi) is 7.93. The number of ether oxygens (including phenoxy) is 4. The van der Waals surface area contributed by atoms with E-state index in [1.807, 2.05) is 6.07 Å². The van der Waals surface area contributed by atoms with E-state index in [1.54, 1.807) is 12.1 Å². The van der Waals surface area contributed by atoms with Gasteiger partial charge in [-0.15, -0.1) is 0 Å². The third-order valence-corrected chi connectivity index (χ3v) is 4.63. The first kappa shape index (κ1) is 22.2. The minimum Gasteiger partial charge on any atom is -0.493 e. The topological polar surface area (TPSA) is 119 Å². The summed E-state index contributed by atoms with van der Waals surface area (Å²) in [6, 6.07) is 4.86. The number of urea groups is 1. The van der Waals surface area contributed by atoms with Gasteiger partial charge in [0.1, 0.15) is 18.0 Å². The third kappa shape index (κ3) is 6.01. The van der Waals surface area contributed by atoms with Gasteiger partial charge in [-0.05, 0) is 0 Å². The molecule has 11 heteroatoms. The first-order valence-electron chi connectivity index (χ1n) is 9.88. The van der Waals surface area contributed by atoms with Crippen LogP contribution in [0.25, 0.3) is 0 Å². The van der Waals surface area contributed by atoms with Crippen LogP contribution in [0.4, 0.5) is 22.1 Å². The van der Waals surface area contributed by atoms with Crippen molar-refractivity contribution in [2.24, 2.45) is 0 Å². The molecule has 168 valence electrons. The zero-order chi connectivity index (χ0) is 22.1. The molecule has 0 atom stereocenters. The number of carbonyl (C=O) groups excluding carboxylic acids is 1. The largest absolute Gasteiger partial charge is 0.493 e. The van der Waals surface area contributed by atoms with Crippen LogP contribution in [0.1, 0.15) is 0 Å². The Morgan fingerprint density at radius 3 is 2.39 bits per heavy atom. The predicted octanol–water partition coefficient (Wildman–Crippen LogP) is 1.57. The van der Waals surface area contributed by atoms with E-state index >= 15 is 0 Å². The van der Waals surface area contributed by atoms with Crippen LogP contribution in [0, 0.1) is 0 Å². The van der Waals surface area contributed by atoms with E-state index in [0.717, 1.165) is 18.9 Å². The molecule has 3 rings (SSSR count). The molecule has 1 aliphatic heterocycles. The molecule has 0 spiro atoms. The second kappa shape index (κ2) is 11.1. The van der Waals surface area contributed by atoms with E-state index in [0.29, 0.717) is 55.1 Å². The van der Waals surface area contributed by atoms with Crippen molar-refractivity contribution in [1.29, 1.82) is 0 Å². The zero-order valence-corrected chi connectivity index (χ0v) is 17.9. The Balaban J connectivity index is 1.48. The molecule has 2 heterocycles. The summed E-state index contributed by atoms with van der Waals surface area (Å²) in [6.45, 7) is 3.89. The monoisotopic (exact) mass is 432 g/mol. The fourth-order valence-corrected chi connectivity index (χ4v) is 3.10. The van der Waals surface area contributed by atoms with Gasteiger partial charge in [-0.1, -0.05) is 0 Å². The highest BCUT2D eigenvalue weighted by Crippen LogP contribution is 2.39. The highest BCUT2D eigenvalue weighted by Gasteiger charge is 2.15. The molecule has 3 N–H and O–H groups in total. The molecule has 2 amide bonds. The van der Waals surface area contributed by atoms with Gasteiger partial charge in [-0.3, -0.25) is 0 Å². The van der Waals surface area contributed by atoms with Crippen molar-refractivity contribution < 1.29 is 23.7 Å². The average molecular weight is 432 g/mol. The van der Waals surface area contributed by atoms with Gasteiger partial charge in [-0.2, -0.15) is 0 Å². The van der Waals surface area contributed by atoms with Crippen LogP contribution >= 0.6 is 0 Å². The highest BCUT2D eigenvalue weighted by molar-refractivity contribution is 5.90. The zero-order valence-electron chi connectivity index (χ0n) is 17.9. The maximum atomic E-state index is 12.2. The Labute approximate surface area is 181 Å². The Hall–Kier alpha value is -3.47. The Morgan fingerprint density at radius 1 is 1.03 bits per heavy atom. The number of hydrogen-bond acceptors (Lipinski definition) is 9. The highest BCUT2D eigenvalue weighted by atomic mass is 16.5. The molecule has 1 saturated heterocycles. The number of carbonyl (C=O) groups is 1. The van der Waals surface area contributed by atoms with Crippen molar-refractivity contribution in [3.8, 4) is 17.2 Å². The molecular weight excluding hydrogens is 404 g/mol. The van der Waals surface area contributed by atoms with Gasteiger partial charge in [0.2, 0.25) is 5.75 Å². The summed E-state index contributed by atoms with van der Waals surface area (Å²) < 4.78 is 21.2. The lowest BCUT2D eigenvalue weighted by Gasteiger charge is -2.27. The van der Waals surface area contributed by atoms with Gasteiger partial charge in [0.15, 0.2) is 11.5 Å². The molecule has 11 nitrogen and oxygen atoms in total. The normalized spacial score (nSPS) is 13.3. The number of methoxy groups -OCH3 is 3. The first-order valence-corrected chi connectivity index (χ1v) is 9.88. The average Bonchev–Trinajstić information content (AvgIpc) is 2.82. The summed E-state index contributed by atoms with van der Waals surface area (Å²) in [7, 11) is 4.56. The lowest BCUT2D eigenvalue weighted by molar-refractivity contribution is 0.122. The van der Waals surface area contributed by atoms with Gasteiger partial charge in [0.05, 0.1) is 40.2 Å². The summed E-state index contributed by atoms with van der Waals surface area (Å²) >= 11 is 0. The number of benzene rings is 1. The van der Waals surface area contributed by atoms with Gasteiger partial charge in [0, 0.05) is 44.4 Å². The van der Waals surface area contributed by atoms with E-state index in [1.165, 1.54) is 27.7 Å². The minimum atomic E-state index is -0.354. The lowest BCUT2D eigenvalue weighted by Crippen LogP contribution is -2.36. The SMILES string of the molecule is COc1cc(NC(=O)NCCNc2cc(N3CCOCC3)ncn2)cc(OC)c1OC. The molecule has 0 unspecified atom stereocenters. The van der Waals surface area contributed by atoms with Crippen molar-refractivity contribution >= 4 is 23.4 Å². The maximum absolute atomic E-state index is 12.2. The number of anilines is 3. The van der Waals surface area contributed by atoms with Gasteiger partial charge >= 0.3 is 6.03 Å². The number of aromatic nitrogens is 2. The lowest BCUT2D eigenvalue weighted by atomic mass is 10.2. The molecule has 0 aliphatic carbocycles. The van der Waals surface area contributed by atoms with Crippen LogP contribution in [0.5, 0.6) is 17.2 Å². The quantitative estimate of drug-likeness (QED) is 0.507. The van der Waals surface area contributed by atoms with E-state index in [4.69, 9.17) is 18.9 Å². The maximum Gasteiger partial charge on any atom is 0.319 e. The third-order valence-electron chi connectivity index (χ3n) is 4.63. The van der Waals surface area contributed by atoms with Gasteiger partial charge in [0.25, 0.3) is 0 Å². The van der Waals surface area contributed by atoms with Crippen molar-refractivity contribution in [2.75, 3.05) is 76.3 Å². The molecule has 31 heavy (non-hydrogen) atoms. The second-order valence-electron chi connectivity index (χ2n) is 6.58. The van der Waals surface area contributed by atoms with Crippen molar-refractivity contribution in [3.63, 3.8) is 0 Å². The molecule has 1 aliphatic rings. The number of morpholine rings is 1. The molecule has 1 fully saturated rings. The summed E-state index contributed by atoms with van der Waals surface area (Å²) in [5, 5.41) is 8.73. The van der Waals surface area contributed by atoms with Crippen LogP contribution < -0.4 is 35.1 Å². The first-order chi connectivity index (χ1) is 15.1. The Morgan fingerprint density at radius 2 is 1.74 bits per heavy atom. The number of rotatable bonds is 9. The Bertz CT molecular complexity index is 850. The molecule has 1 aromatic heterocycles. The van der Waals surface area contributed by atoms with E-state index in [2.05, 4.69) is 30.8 Å². The number of hydrogen-bond donors (Lipinski definition) is 3. The number of amides is 2. The molecular formula is C20H28N6O5. The summed E-state index contributed by atoms with van der Waals surface area (Å²) in [5.41, 5.74) is 0.519. The van der Waals surface area contributed by atoms with Crippen LogP contribution in [0.2, 0.25) is 0 Å². The van der Waals surface area contributed by atoms with E-state index in [9.17, 15) is 4.79 Å². The van der Waals surface area contributed by atoms with Gasteiger partial charge in [-0.25, -0.2) is 14.8 Å². The number of nitrogens with zero attached hydrogens (tertiary/aromatic N) is 3. The second-order valence-corrected chi connectivity index (χ2v) is 6.58. The van der Waals surface area contributed by atoms with E-state index in [-0.39, 0.29) is 6.03 Å². The minimum absolute atomic E-state index is 0.354. The molecule has 0 bridgehead atoms. The van der Waals surface area contributed by atoms with Crippen LogP contribution in [0.3, 0.4) is 0 Å². The summed E-state index contributed by atoms with van der Waals surface area (Å²) in [5.74, 6) is 2.93. The fourth-order valence-electron chi connectivity index (χ4n) is 3.10. The van der Waals surface area contributed by atoms with Crippen LogP contribution in [0.15, 0.2) is 24.5 Å². The van der Waals surface area contributed by atoms with E-state index < -0.39 is 0 Å². The summed E-state index contributed by atoms with van der Waals surface area (Å²) in [6.07, 6.45) is 1.53. The predicted molar refractivity (Wildman–Crippen MR) is 117 cm³/mol.